The first-order valence-electron chi connectivity index (χ1n) is 4.67. The zero-order chi connectivity index (χ0) is 11.5. The molecule has 0 amide bonds. The first-order chi connectivity index (χ1) is 7.72. The van der Waals surface area contributed by atoms with E-state index in [1.807, 2.05) is 18.2 Å². The van der Waals surface area contributed by atoms with Gasteiger partial charge in [-0.1, -0.05) is 34.1 Å². The second-order valence-electron chi connectivity index (χ2n) is 3.28. The zero-order valence-corrected chi connectivity index (χ0v) is 9.83. The molecule has 0 spiro atoms. The summed E-state index contributed by atoms with van der Waals surface area (Å²) >= 11 is 3.33. The maximum Gasteiger partial charge on any atom is 0.132 e. The predicted octanol–water partition coefficient (Wildman–Crippen LogP) is 4.13. The summed E-state index contributed by atoms with van der Waals surface area (Å²) in [6.45, 7) is 0. The normalized spacial score (nSPS) is 9.81. The summed E-state index contributed by atoms with van der Waals surface area (Å²) in [5.41, 5.74) is 1.40. The molecule has 3 heteroatoms. The lowest BCUT2D eigenvalue weighted by molar-refractivity contribution is 0.631. The molecule has 0 bridgehead atoms. The van der Waals surface area contributed by atoms with Gasteiger partial charge in [-0.05, 0) is 29.8 Å². The number of hydrogen-bond acceptors (Lipinski definition) is 1. The van der Waals surface area contributed by atoms with Crippen molar-refractivity contribution in [2.75, 3.05) is 0 Å². The molecule has 0 heterocycles. The molecule has 2 rings (SSSR count). The van der Waals surface area contributed by atoms with Crippen LogP contribution in [0.15, 0.2) is 46.9 Å². The Morgan fingerprint density at radius 1 is 1.12 bits per heavy atom. The van der Waals surface area contributed by atoms with Crippen LogP contribution >= 0.6 is 15.9 Å². The topological polar surface area (TPSA) is 23.8 Å². The molecule has 0 fully saturated rings. The maximum atomic E-state index is 13.7. The summed E-state index contributed by atoms with van der Waals surface area (Å²) in [6.07, 6.45) is 0. The van der Waals surface area contributed by atoms with Crippen LogP contribution in [-0.2, 0) is 0 Å². The third-order valence-corrected chi connectivity index (χ3v) is 2.74. The predicted molar refractivity (Wildman–Crippen MR) is 64.3 cm³/mol. The Labute approximate surface area is 101 Å². The first-order valence-corrected chi connectivity index (χ1v) is 5.46. The van der Waals surface area contributed by atoms with E-state index in [0.717, 1.165) is 4.47 Å². The second kappa shape index (κ2) is 4.46. The molecule has 0 saturated carbocycles. The van der Waals surface area contributed by atoms with Gasteiger partial charge in [0.15, 0.2) is 0 Å². The fourth-order valence-electron chi connectivity index (χ4n) is 1.55. The molecule has 0 saturated heterocycles. The Hall–Kier alpha value is -1.66. The number of halogens is 2. The second-order valence-corrected chi connectivity index (χ2v) is 4.20. The summed E-state index contributed by atoms with van der Waals surface area (Å²) < 4.78 is 14.5. The van der Waals surface area contributed by atoms with E-state index < -0.39 is 0 Å². The van der Waals surface area contributed by atoms with Crippen molar-refractivity contribution >= 4 is 15.9 Å². The molecule has 78 valence electrons. The van der Waals surface area contributed by atoms with E-state index in [2.05, 4.69) is 15.9 Å². The summed E-state index contributed by atoms with van der Waals surface area (Å²) in [6, 6.07) is 13.7. The van der Waals surface area contributed by atoms with E-state index in [4.69, 9.17) is 5.26 Å². The van der Waals surface area contributed by atoms with Crippen molar-refractivity contribution in [3.8, 4) is 17.2 Å². The van der Waals surface area contributed by atoms with Gasteiger partial charge in [0.25, 0.3) is 0 Å². The highest BCUT2D eigenvalue weighted by Gasteiger charge is 2.10. The van der Waals surface area contributed by atoms with Gasteiger partial charge in [0, 0.05) is 10.0 Å². The van der Waals surface area contributed by atoms with Gasteiger partial charge >= 0.3 is 0 Å². The highest BCUT2D eigenvalue weighted by molar-refractivity contribution is 9.10. The molecule has 0 aromatic heterocycles. The smallest absolute Gasteiger partial charge is 0.132 e. The highest BCUT2D eigenvalue weighted by Crippen LogP contribution is 2.28. The fraction of sp³-hybridized carbons (Fsp3) is 0. The lowest BCUT2D eigenvalue weighted by atomic mass is 10.00. The van der Waals surface area contributed by atoms with Crippen molar-refractivity contribution in [3.05, 3.63) is 58.3 Å². The molecule has 2 aromatic rings. The quantitative estimate of drug-likeness (QED) is 0.768. The van der Waals surface area contributed by atoms with Crippen molar-refractivity contribution in [2.45, 2.75) is 0 Å². The van der Waals surface area contributed by atoms with Gasteiger partial charge in [0.1, 0.15) is 5.82 Å². The maximum absolute atomic E-state index is 13.7. The van der Waals surface area contributed by atoms with Crippen LogP contribution in [0.3, 0.4) is 0 Å². The van der Waals surface area contributed by atoms with Crippen LogP contribution in [0.25, 0.3) is 11.1 Å². The Balaban J connectivity index is 2.69. The van der Waals surface area contributed by atoms with Crippen LogP contribution in [-0.4, -0.2) is 0 Å². The average Bonchev–Trinajstić information content (AvgIpc) is 2.28. The third kappa shape index (κ3) is 1.98. The Morgan fingerprint density at radius 2 is 1.88 bits per heavy atom. The summed E-state index contributed by atoms with van der Waals surface area (Å²) in [5, 5.41) is 8.95. The highest BCUT2D eigenvalue weighted by atomic mass is 79.9. The number of benzene rings is 2. The molecule has 0 atom stereocenters. The van der Waals surface area contributed by atoms with Crippen molar-refractivity contribution in [2.24, 2.45) is 0 Å². The van der Waals surface area contributed by atoms with E-state index in [-0.39, 0.29) is 5.82 Å². The molecule has 0 radical (unpaired) electrons. The summed E-state index contributed by atoms with van der Waals surface area (Å²) in [7, 11) is 0. The molecule has 16 heavy (non-hydrogen) atoms. The van der Waals surface area contributed by atoms with Crippen LogP contribution in [0.1, 0.15) is 5.56 Å². The van der Waals surface area contributed by atoms with Crippen molar-refractivity contribution in [1.29, 1.82) is 5.26 Å². The van der Waals surface area contributed by atoms with E-state index in [1.54, 1.807) is 18.2 Å². The van der Waals surface area contributed by atoms with Crippen LogP contribution in [0.4, 0.5) is 4.39 Å². The van der Waals surface area contributed by atoms with Gasteiger partial charge < -0.3 is 0 Å². The Morgan fingerprint density at radius 3 is 2.56 bits per heavy atom. The molecule has 1 nitrogen and oxygen atoms in total. The molecular formula is C13H7BrFN. The molecule has 0 aliphatic heterocycles. The number of hydrogen-bond donors (Lipinski definition) is 0. The van der Waals surface area contributed by atoms with Crippen molar-refractivity contribution in [3.63, 3.8) is 0 Å². The van der Waals surface area contributed by atoms with E-state index in [9.17, 15) is 4.39 Å². The van der Waals surface area contributed by atoms with Gasteiger partial charge in [-0.2, -0.15) is 5.26 Å². The van der Waals surface area contributed by atoms with Crippen molar-refractivity contribution < 1.29 is 4.39 Å². The van der Waals surface area contributed by atoms with Crippen LogP contribution in [0, 0.1) is 17.1 Å². The zero-order valence-electron chi connectivity index (χ0n) is 8.24. The number of rotatable bonds is 1. The number of nitrogens with zero attached hydrogens (tertiary/aromatic N) is 1. The van der Waals surface area contributed by atoms with Gasteiger partial charge in [-0.3, -0.25) is 0 Å². The van der Waals surface area contributed by atoms with E-state index in [1.165, 1.54) is 12.1 Å². The minimum absolute atomic E-state index is 0.345. The first kappa shape index (κ1) is 10.8. The van der Waals surface area contributed by atoms with Crippen LogP contribution < -0.4 is 0 Å². The largest absolute Gasteiger partial charge is 0.206 e. The summed E-state index contributed by atoms with van der Waals surface area (Å²) in [4.78, 5) is 0. The molecule has 0 unspecified atom stereocenters. The molecule has 0 aliphatic carbocycles. The number of nitriles is 1. The SMILES string of the molecule is N#Cc1cccc(F)c1-c1cccc(Br)c1. The van der Waals surface area contributed by atoms with E-state index in [0.29, 0.717) is 16.7 Å². The summed E-state index contributed by atoms with van der Waals surface area (Å²) in [5.74, 6) is -0.378. The standard InChI is InChI=1S/C13H7BrFN/c14-11-5-1-3-9(7-11)13-10(8-16)4-2-6-12(13)15/h1-7H. The van der Waals surface area contributed by atoms with Gasteiger partial charge in [-0.15, -0.1) is 0 Å². The molecular weight excluding hydrogens is 269 g/mol. The Bertz CT molecular complexity index is 572. The third-order valence-electron chi connectivity index (χ3n) is 2.25. The fourth-order valence-corrected chi connectivity index (χ4v) is 1.95. The average molecular weight is 276 g/mol. The van der Waals surface area contributed by atoms with Crippen molar-refractivity contribution in [1.82, 2.24) is 0 Å². The minimum Gasteiger partial charge on any atom is -0.206 e. The lowest BCUT2D eigenvalue weighted by Gasteiger charge is -2.05. The van der Waals surface area contributed by atoms with Gasteiger partial charge in [0.2, 0.25) is 0 Å². The van der Waals surface area contributed by atoms with Crippen LogP contribution in [0.5, 0.6) is 0 Å². The van der Waals surface area contributed by atoms with Gasteiger partial charge in [0.05, 0.1) is 11.6 Å². The van der Waals surface area contributed by atoms with Crippen LogP contribution in [0.2, 0.25) is 0 Å². The molecule has 0 N–H and O–H groups in total. The minimum atomic E-state index is -0.378. The molecule has 2 aromatic carbocycles. The van der Waals surface area contributed by atoms with Gasteiger partial charge in [-0.25, -0.2) is 4.39 Å². The Kier molecular flexibility index (Phi) is 3.02. The van der Waals surface area contributed by atoms with E-state index >= 15 is 0 Å². The molecule has 0 aliphatic rings. The lowest BCUT2D eigenvalue weighted by Crippen LogP contribution is -1.89. The monoisotopic (exact) mass is 275 g/mol.